The molecule has 0 atom stereocenters. The second-order valence-corrected chi connectivity index (χ2v) is 7.14. The van der Waals surface area contributed by atoms with E-state index in [1.54, 1.807) is 0 Å². The molecule has 0 aliphatic rings. The van der Waals surface area contributed by atoms with Crippen LogP contribution in [-0.2, 0) is 14.6 Å². The maximum absolute atomic E-state index is 10.3. The molecule has 0 spiro atoms. The van der Waals surface area contributed by atoms with Crippen molar-refractivity contribution < 1.29 is 21.6 Å². The molecule has 6 heteroatoms. The van der Waals surface area contributed by atoms with Crippen molar-refractivity contribution in [3.63, 3.8) is 0 Å². The lowest BCUT2D eigenvalue weighted by atomic mass is 10.1. The third-order valence-corrected chi connectivity index (χ3v) is 3.96. The van der Waals surface area contributed by atoms with Crippen molar-refractivity contribution in [2.24, 2.45) is 0 Å². The molecule has 0 saturated carbocycles. The Morgan fingerprint density at radius 1 is 0.900 bits per heavy atom. The molecule has 0 unspecified atom stereocenters. The van der Waals surface area contributed by atoms with Crippen molar-refractivity contribution in [3.05, 3.63) is 0 Å². The summed E-state index contributed by atoms with van der Waals surface area (Å²) < 4.78 is 35.9. The summed E-state index contributed by atoms with van der Waals surface area (Å²) in [6.45, 7) is 4.12. The van der Waals surface area contributed by atoms with Crippen molar-refractivity contribution in [3.8, 4) is 0 Å². The molecule has 0 rings (SSSR count). The van der Waals surface area contributed by atoms with Gasteiger partial charge in [-0.25, -0.2) is 8.42 Å². The highest BCUT2D eigenvalue weighted by Crippen LogP contribution is 2.09. The van der Waals surface area contributed by atoms with Gasteiger partial charge in [-0.1, -0.05) is 39.0 Å². The zero-order valence-corrected chi connectivity index (χ0v) is 14.1. The van der Waals surface area contributed by atoms with E-state index >= 15 is 0 Å². The maximum Gasteiger partial charge on any atom is 0.217 e. The summed E-state index contributed by atoms with van der Waals surface area (Å²) in [6.07, 6.45) is 9.64. The molecule has 0 aromatic rings. The molecule has 0 N–H and O–H groups in total. The van der Waals surface area contributed by atoms with Gasteiger partial charge >= 0.3 is 0 Å². The first kappa shape index (κ1) is 19.8. The minimum atomic E-state index is -4.53. The standard InChI is InChI=1S/C14H31NO4S/c1-4-5-6-7-8-9-10-12-15(2,3)13-11-14-19-20(16,17)18/h4-14H2,1-3H3. The topological polar surface area (TPSA) is 66.4 Å². The Bertz CT molecular complexity index is 328. The van der Waals surface area contributed by atoms with E-state index < -0.39 is 10.4 Å². The number of hydrogen-bond donors (Lipinski definition) is 0. The van der Waals surface area contributed by atoms with Crippen LogP contribution in [0.3, 0.4) is 0 Å². The van der Waals surface area contributed by atoms with E-state index in [0.717, 1.165) is 17.6 Å². The predicted octanol–water partition coefficient (Wildman–Crippen LogP) is 2.68. The van der Waals surface area contributed by atoms with Crippen molar-refractivity contribution in [1.82, 2.24) is 0 Å². The van der Waals surface area contributed by atoms with Gasteiger partial charge in [0.15, 0.2) is 0 Å². The minimum absolute atomic E-state index is 0.00939. The molecule has 0 aromatic heterocycles. The molecule has 20 heavy (non-hydrogen) atoms. The Kier molecular flexibility index (Phi) is 10.5. The Morgan fingerprint density at radius 3 is 1.95 bits per heavy atom. The molecular formula is C14H31NO4S. The smallest absolute Gasteiger partial charge is 0.217 e. The molecule has 0 aliphatic carbocycles. The van der Waals surface area contributed by atoms with Crippen LogP contribution in [0.25, 0.3) is 0 Å². The van der Waals surface area contributed by atoms with Gasteiger partial charge in [-0.15, -0.1) is 0 Å². The van der Waals surface area contributed by atoms with Crippen molar-refractivity contribution in [2.75, 3.05) is 33.8 Å². The molecule has 0 radical (unpaired) electrons. The summed E-state index contributed by atoms with van der Waals surface area (Å²) in [5.74, 6) is 0. The maximum atomic E-state index is 10.3. The van der Waals surface area contributed by atoms with Crippen LogP contribution < -0.4 is 0 Å². The van der Waals surface area contributed by atoms with Crippen LogP contribution in [0.5, 0.6) is 0 Å². The van der Waals surface area contributed by atoms with Gasteiger partial charge in [-0.3, -0.25) is 4.18 Å². The minimum Gasteiger partial charge on any atom is -0.726 e. The van der Waals surface area contributed by atoms with E-state index in [2.05, 4.69) is 25.2 Å². The van der Waals surface area contributed by atoms with Crippen molar-refractivity contribution in [1.29, 1.82) is 0 Å². The first-order valence-corrected chi connectivity index (χ1v) is 9.02. The van der Waals surface area contributed by atoms with Crippen LogP contribution in [0.15, 0.2) is 0 Å². The van der Waals surface area contributed by atoms with Gasteiger partial charge in [-0.05, 0) is 12.8 Å². The molecule has 0 aromatic carbocycles. The molecule has 0 bridgehead atoms. The third kappa shape index (κ3) is 14.2. The summed E-state index contributed by atoms with van der Waals surface area (Å²) in [5, 5.41) is 0. The Hall–Kier alpha value is -0.170. The monoisotopic (exact) mass is 309 g/mol. The highest BCUT2D eigenvalue weighted by molar-refractivity contribution is 7.80. The van der Waals surface area contributed by atoms with Crippen LogP contribution in [0.4, 0.5) is 0 Å². The Labute approximate surface area is 124 Å². The van der Waals surface area contributed by atoms with Gasteiger partial charge < -0.3 is 9.04 Å². The zero-order chi connectivity index (χ0) is 15.5. The molecule has 0 amide bonds. The van der Waals surface area contributed by atoms with E-state index in [1.165, 1.54) is 44.9 Å². The zero-order valence-electron chi connectivity index (χ0n) is 13.3. The third-order valence-electron chi connectivity index (χ3n) is 3.50. The van der Waals surface area contributed by atoms with Gasteiger partial charge in [0.05, 0.1) is 33.8 Å². The second kappa shape index (κ2) is 10.5. The average molecular weight is 309 g/mol. The van der Waals surface area contributed by atoms with E-state index in [4.69, 9.17) is 0 Å². The fourth-order valence-electron chi connectivity index (χ4n) is 2.26. The summed E-state index contributed by atoms with van der Waals surface area (Å²) in [6, 6.07) is 0. The highest BCUT2D eigenvalue weighted by atomic mass is 32.3. The number of unbranched alkanes of at least 4 members (excludes halogenated alkanes) is 6. The van der Waals surface area contributed by atoms with Crippen LogP contribution in [0, 0.1) is 0 Å². The molecule has 0 saturated heterocycles. The fraction of sp³-hybridized carbons (Fsp3) is 1.00. The lowest BCUT2D eigenvalue weighted by molar-refractivity contribution is -0.890. The second-order valence-electron chi connectivity index (χ2n) is 6.09. The molecule has 122 valence electrons. The number of quaternary nitrogens is 1. The molecule has 0 aliphatic heterocycles. The van der Waals surface area contributed by atoms with Gasteiger partial charge in [0, 0.05) is 6.42 Å². The number of nitrogens with zero attached hydrogens (tertiary/aromatic N) is 1. The summed E-state index contributed by atoms with van der Waals surface area (Å²) in [5.41, 5.74) is 0. The van der Waals surface area contributed by atoms with E-state index in [-0.39, 0.29) is 6.61 Å². The van der Waals surface area contributed by atoms with Crippen molar-refractivity contribution >= 4 is 10.4 Å². The van der Waals surface area contributed by atoms with Gasteiger partial charge in [0.25, 0.3) is 0 Å². The Morgan fingerprint density at radius 2 is 1.40 bits per heavy atom. The quantitative estimate of drug-likeness (QED) is 0.227. The van der Waals surface area contributed by atoms with E-state index in [9.17, 15) is 13.0 Å². The molecular weight excluding hydrogens is 278 g/mol. The van der Waals surface area contributed by atoms with Crippen LogP contribution >= 0.6 is 0 Å². The predicted molar refractivity (Wildman–Crippen MR) is 80.1 cm³/mol. The normalized spacial score (nSPS) is 12.8. The van der Waals surface area contributed by atoms with Gasteiger partial charge in [0.2, 0.25) is 10.4 Å². The highest BCUT2D eigenvalue weighted by Gasteiger charge is 2.14. The number of hydrogen-bond acceptors (Lipinski definition) is 4. The lowest BCUT2D eigenvalue weighted by Crippen LogP contribution is -2.41. The van der Waals surface area contributed by atoms with Crippen LogP contribution in [-0.4, -0.2) is 51.2 Å². The summed E-state index contributed by atoms with van der Waals surface area (Å²) in [7, 11) is -0.275. The molecule has 0 fully saturated rings. The van der Waals surface area contributed by atoms with Gasteiger partial charge in [0.1, 0.15) is 0 Å². The first-order chi connectivity index (χ1) is 9.27. The average Bonchev–Trinajstić information content (AvgIpc) is 2.32. The number of rotatable bonds is 13. The van der Waals surface area contributed by atoms with Crippen LogP contribution in [0.2, 0.25) is 0 Å². The fourth-order valence-corrected chi connectivity index (χ4v) is 2.58. The SMILES string of the molecule is CCCCCCCCC[N+](C)(C)CCCOS(=O)(=O)[O-]. The first-order valence-electron chi connectivity index (χ1n) is 7.69. The van der Waals surface area contributed by atoms with Crippen LogP contribution in [0.1, 0.15) is 58.3 Å². The summed E-state index contributed by atoms with van der Waals surface area (Å²) in [4.78, 5) is 0. The molecule has 5 nitrogen and oxygen atoms in total. The summed E-state index contributed by atoms with van der Waals surface area (Å²) >= 11 is 0. The van der Waals surface area contributed by atoms with Gasteiger partial charge in [-0.2, -0.15) is 0 Å². The molecule has 0 heterocycles. The largest absolute Gasteiger partial charge is 0.726 e. The van der Waals surface area contributed by atoms with Crippen molar-refractivity contribution in [2.45, 2.75) is 58.3 Å². The Balaban J connectivity index is 3.54. The van der Waals surface area contributed by atoms with E-state index in [0.29, 0.717) is 6.42 Å². The lowest BCUT2D eigenvalue weighted by Gasteiger charge is -2.29. The van der Waals surface area contributed by atoms with E-state index in [1.807, 2.05) is 0 Å².